The number of benzene rings is 1. The first-order valence-electron chi connectivity index (χ1n) is 9.38. The minimum Gasteiger partial charge on any atom is -0.493 e. The number of hydrogen-bond acceptors (Lipinski definition) is 4. The van der Waals surface area contributed by atoms with E-state index in [2.05, 4.69) is 5.32 Å². The Hall–Kier alpha value is -2.34. The smallest absolute Gasteiger partial charge is 0.254 e. The second-order valence-electron chi connectivity index (χ2n) is 7.21. The van der Waals surface area contributed by atoms with Crippen LogP contribution >= 0.6 is 11.3 Å². The molecule has 1 aliphatic heterocycles. The molecule has 1 aromatic carbocycles. The van der Waals surface area contributed by atoms with Crippen LogP contribution in [0.3, 0.4) is 0 Å². The van der Waals surface area contributed by atoms with Crippen molar-refractivity contribution >= 4 is 23.2 Å². The number of piperidine rings is 1. The van der Waals surface area contributed by atoms with E-state index in [0.29, 0.717) is 18.1 Å². The average Bonchev–Trinajstić information content (AvgIpc) is 3.21. The molecule has 0 aliphatic carbocycles. The number of carbonyl (C=O) groups is 2. The Morgan fingerprint density at radius 1 is 1.15 bits per heavy atom. The third-order valence-corrected chi connectivity index (χ3v) is 5.38. The predicted octanol–water partition coefficient (Wildman–Crippen LogP) is 3.82. The molecule has 2 amide bonds. The SMILES string of the molecule is CC(C)NC(=O)c1ccc(OCC2CCN(C(=O)c3ccsc3)CC2)cc1. The summed E-state index contributed by atoms with van der Waals surface area (Å²) in [4.78, 5) is 26.3. The largest absolute Gasteiger partial charge is 0.493 e. The van der Waals surface area contributed by atoms with E-state index in [4.69, 9.17) is 4.74 Å². The van der Waals surface area contributed by atoms with E-state index in [1.807, 2.05) is 47.7 Å². The zero-order valence-electron chi connectivity index (χ0n) is 15.8. The van der Waals surface area contributed by atoms with Gasteiger partial charge in [-0.15, -0.1) is 0 Å². The number of rotatable bonds is 6. The topological polar surface area (TPSA) is 58.6 Å². The summed E-state index contributed by atoms with van der Waals surface area (Å²) in [6.45, 7) is 6.06. The maximum Gasteiger partial charge on any atom is 0.254 e. The van der Waals surface area contributed by atoms with E-state index >= 15 is 0 Å². The number of hydrogen-bond donors (Lipinski definition) is 1. The first kappa shape index (κ1) is 19.4. The Kier molecular flexibility index (Phi) is 6.50. The van der Waals surface area contributed by atoms with Crippen molar-refractivity contribution in [2.24, 2.45) is 5.92 Å². The number of thiophene rings is 1. The minimum atomic E-state index is -0.0702. The molecule has 0 unspecified atom stereocenters. The molecule has 6 heteroatoms. The molecule has 0 radical (unpaired) electrons. The minimum absolute atomic E-state index is 0.0702. The van der Waals surface area contributed by atoms with Gasteiger partial charge in [-0.25, -0.2) is 0 Å². The van der Waals surface area contributed by atoms with Crippen molar-refractivity contribution in [3.05, 3.63) is 52.2 Å². The lowest BCUT2D eigenvalue weighted by atomic mass is 9.97. The summed E-state index contributed by atoms with van der Waals surface area (Å²) in [5.41, 5.74) is 1.42. The van der Waals surface area contributed by atoms with Crippen LogP contribution in [0.15, 0.2) is 41.1 Å². The molecule has 1 saturated heterocycles. The second-order valence-corrected chi connectivity index (χ2v) is 7.99. The van der Waals surface area contributed by atoms with Crippen molar-refractivity contribution in [1.82, 2.24) is 10.2 Å². The summed E-state index contributed by atoms with van der Waals surface area (Å²) >= 11 is 1.55. The third kappa shape index (κ3) is 5.32. The van der Waals surface area contributed by atoms with Gasteiger partial charge in [-0.05, 0) is 68.3 Å². The van der Waals surface area contributed by atoms with Crippen LogP contribution in [0.1, 0.15) is 47.4 Å². The highest BCUT2D eigenvalue weighted by molar-refractivity contribution is 7.08. The van der Waals surface area contributed by atoms with Crippen molar-refractivity contribution in [3.63, 3.8) is 0 Å². The molecule has 5 nitrogen and oxygen atoms in total. The van der Waals surface area contributed by atoms with Crippen molar-refractivity contribution in [1.29, 1.82) is 0 Å². The molecule has 3 rings (SSSR count). The van der Waals surface area contributed by atoms with Gasteiger partial charge in [-0.1, -0.05) is 0 Å². The molecule has 1 aliphatic rings. The third-order valence-electron chi connectivity index (χ3n) is 4.69. The highest BCUT2D eigenvalue weighted by atomic mass is 32.1. The lowest BCUT2D eigenvalue weighted by Crippen LogP contribution is -2.39. The van der Waals surface area contributed by atoms with Gasteiger partial charge in [0, 0.05) is 30.1 Å². The number of ether oxygens (including phenoxy) is 1. The fraction of sp³-hybridized carbons (Fsp3) is 0.429. The first-order chi connectivity index (χ1) is 13.0. The normalized spacial score (nSPS) is 15.0. The first-order valence-corrected chi connectivity index (χ1v) is 10.3. The van der Waals surface area contributed by atoms with Crippen LogP contribution in [-0.2, 0) is 0 Å². The molecule has 0 spiro atoms. The Balaban J connectivity index is 1.43. The molecule has 1 N–H and O–H groups in total. The molecule has 0 atom stereocenters. The van der Waals surface area contributed by atoms with Gasteiger partial charge in [-0.2, -0.15) is 11.3 Å². The zero-order valence-corrected chi connectivity index (χ0v) is 16.6. The van der Waals surface area contributed by atoms with E-state index in [-0.39, 0.29) is 17.9 Å². The molecular formula is C21H26N2O3S. The molecule has 2 heterocycles. The van der Waals surface area contributed by atoms with E-state index < -0.39 is 0 Å². The van der Waals surface area contributed by atoms with Gasteiger partial charge in [-0.3, -0.25) is 9.59 Å². The van der Waals surface area contributed by atoms with E-state index in [9.17, 15) is 9.59 Å². The Morgan fingerprint density at radius 3 is 2.44 bits per heavy atom. The zero-order chi connectivity index (χ0) is 19.2. The summed E-state index contributed by atoms with van der Waals surface area (Å²) in [7, 11) is 0. The summed E-state index contributed by atoms with van der Waals surface area (Å²) < 4.78 is 5.90. The predicted molar refractivity (Wildman–Crippen MR) is 107 cm³/mol. The molecule has 1 fully saturated rings. The average molecular weight is 387 g/mol. The Bertz CT molecular complexity index is 748. The number of amides is 2. The lowest BCUT2D eigenvalue weighted by molar-refractivity contribution is 0.0661. The van der Waals surface area contributed by atoms with Crippen LogP contribution in [0, 0.1) is 5.92 Å². The molecule has 1 aromatic heterocycles. The van der Waals surface area contributed by atoms with Crippen LogP contribution < -0.4 is 10.1 Å². The molecule has 27 heavy (non-hydrogen) atoms. The Labute approximate surface area is 164 Å². The van der Waals surface area contributed by atoms with E-state index in [0.717, 1.165) is 37.2 Å². The van der Waals surface area contributed by atoms with Gasteiger partial charge in [0.15, 0.2) is 0 Å². The van der Waals surface area contributed by atoms with Crippen molar-refractivity contribution in [2.45, 2.75) is 32.7 Å². The van der Waals surface area contributed by atoms with Gasteiger partial charge in [0.25, 0.3) is 11.8 Å². The molecular weight excluding hydrogens is 360 g/mol. The number of nitrogens with zero attached hydrogens (tertiary/aromatic N) is 1. The quantitative estimate of drug-likeness (QED) is 0.821. The lowest BCUT2D eigenvalue weighted by Gasteiger charge is -2.31. The highest BCUT2D eigenvalue weighted by Gasteiger charge is 2.24. The van der Waals surface area contributed by atoms with Crippen LogP contribution in [0.2, 0.25) is 0 Å². The van der Waals surface area contributed by atoms with Gasteiger partial charge in [0.05, 0.1) is 12.2 Å². The molecule has 0 saturated carbocycles. The van der Waals surface area contributed by atoms with Crippen molar-refractivity contribution in [2.75, 3.05) is 19.7 Å². The van der Waals surface area contributed by atoms with Crippen LogP contribution in [0.25, 0.3) is 0 Å². The number of nitrogens with one attached hydrogen (secondary N) is 1. The summed E-state index contributed by atoms with van der Waals surface area (Å²) in [6.07, 6.45) is 1.90. The number of likely N-dealkylation sites (tertiary alicyclic amines) is 1. The Morgan fingerprint density at radius 2 is 1.85 bits per heavy atom. The monoisotopic (exact) mass is 386 g/mol. The van der Waals surface area contributed by atoms with Gasteiger partial charge in [0.2, 0.25) is 0 Å². The van der Waals surface area contributed by atoms with Crippen LogP contribution in [0.5, 0.6) is 5.75 Å². The molecule has 0 bridgehead atoms. The van der Waals surface area contributed by atoms with Crippen molar-refractivity contribution < 1.29 is 14.3 Å². The van der Waals surface area contributed by atoms with Crippen LogP contribution in [0.4, 0.5) is 0 Å². The van der Waals surface area contributed by atoms with E-state index in [1.54, 1.807) is 23.5 Å². The maximum absolute atomic E-state index is 12.4. The summed E-state index contributed by atoms with van der Waals surface area (Å²) in [6, 6.07) is 9.25. The summed E-state index contributed by atoms with van der Waals surface area (Å²) in [5, 5.41) is 6.72. The standard InChI is InChI=1S/C21H26N2O3S/c1-15(2)22-20(24)17-3-5-19(6-4-17)26-13-16-7-10-23(11-8-16)21(25)18-9-12-27-14-18/h3-6,9,12,14-16H,7-8,10-11,13H2,1-2H3,(H,22,24). The van der Waals surface area contributed by atoms with E-state index in [1.165, 1.54) is 0 Å². The fourth-order valence-electron chi connectivity index (χ4n) is 3.13. The van der Waals surface area contributed by atoms with Crippen molar-refractivity contribution in [3.8, 4) is 5.75 Å². The molecule has 144 valence electrons. The van der Waals surface area contributed by atoms with Gasteiger partial charge < -0.3 is 15.0 Å². The number of carbonyl (C=O) groups excluding carboxylic acids is 2. The van der Waals surface area contributed by atoms with Gasteiger partial charge in [0.1, 0.15) is 5.75 Å². The highest BCUT2D eigenvalue weighted by Crippen LogP contribution is 2.22. The molecule has 2 aromatic rings. The maximum atomic E-state index is 12.4. The second kappa shape index (κ2) is 9.04. The van der Waals surface area contributed by atoms with Crippen LogP contribution in [-0.4, -0.2) is 42.5 Å². The van der Waals surface area contributed by atoms with Gasteiger partial charge >= 0.3 is 0 Å². The summed E-state index contributed by atoms with van der Waals surface area (Å²) in [5.74, 6) is 1.28. The fourth-order valence-corrected chi connectivity index (χ4v) is 3.76.